The van der Waals surface area contributed by atoms with E-state index in [1.807, 2.05) is 43.3 Å². The summed E-state index contributed by atoms with van der Waals surface area (Å²) >= 11 is 5.32. The number of carbonyl (C=O) groups is 2. The fourth-order valence-electron chi connectivity index (χ4n) is 4.64. The van der Waals surface area contributed by atoms with Gasteiger partial charge < -0.3 is 29.1 Å². The number of carbonyl (C=O) groups excluding carboxylic acids is 2. The first-order valence-electron chi connectivity index (χ1n) is 13.0. The van der Waals surface area contributed by atoms with E-state index < -0.39 is 5.82 Å². The first-order valence-corrected chi connectivity index (χ1v) is 13.4. The van der Waals surface area contributed by atoms with E-state index in [1.54, 1.807) is 29.0 Å². The fourth-order valence-corrected chi connectivity index (χ4v) is 4.83. The van der Waals surface area contributed by atoms with Crippen LogP contribution in [-0.2, 0) is 27.3 Å². The molecule has 2 aliphatic rings. The lowest BCUT2D eigenvalue weighted by Gasteiger charge is -2.36. The van der Waals surface area contributed by atoms with Crippen molar-refractivity contribution in [3.05, 3.63) is 59.4 Å². The van der Waals surface area contributed by atoms with Gasteiger partial charge in [-0.3, -0.25) is 14.9 Å². The minimum Gasteiger partial charge on any atom is -0.484 e. The van der Waals surface area contributed by atoms with Crippen molar-refractivity contribution in [3.8, 4) is 5.75 Å². The Morgan fingerprint density at radius 3 is 2.38 bits per heavy atom. The van der Waals surface area contributed by atoms with Crippen LogP contribution in [-0.4, -0.2) is 105 Å². The number of halogens is 1. The summed E-state index contributed by atoms with van der Waals surface area (Å²) in [6.45, 7) is 3.76. The molecule has 1 amide bonds. The number of piperazine rings is 1. The summed E-state index contributed by atoms with van der Waals surface area (Å²) < 4.78 is 26.2. The summed E-state index contributed by atoms with van der Waals surface area (Å²) in [5, 5.41) is 3.05. The first-order chi connectivity index (χ1) is 18.7. The molecule has 2 aliphatic heterocycles. The normalized spacial score (nSPS) is 17.4. The average Bonchev–Trinajstić information content (AvgIpc) is 3.47. The van der Waals surface area contributed by atoms with Gasteiger partial charge in [-0.2, -0.15) is 0 Å². The smallest absolute Gasteiger partial charge is 0.260 e. The molecule has 2 aromatic rings. The number of nitrogens with zero attached hydrogens (tertiary/aromatic N) is 4. The molecular formula is C28H36FN5O4S. The number of Topliss-reactive ketones (excluding diaryl/α,β-unsaturated/α-hetero) is 1. The molecule has 2 heterocycles. The van der Waals surface area contributed by atoms with Crippen molar-refractivity contribution in [1.82, 2.24) is 20.0 Å². The van der Waals surface area contributed by atoms with Crippen molar-refractivity contribution < 1.29 is 23.5 Å². The van der Waals surface area contributed by atoms with Gasteiger partial charge >= 0.3 is 0 Å². The van der Waals surface area contributed by atoms with E-state index in [4.69, 9.17) is 21.7 Å². The molecule has 2 fully saturated rings. The quantitative estimate of drug-likeness (QED) is 0.441. The Bertz CT molecular complexity index is 1170. The van der Waals surface area contributed by atoms with Crippen molar-refractivity contribution in [2.45, 2.75) is 19.2 Å². The third kappa shape index (κ3) is 7.72. The lowest BCUT2D eigenvalue weighted by atomic mass is 10.1. The molecule has 39 heavy (non-hydrogen) atoms. The molecule has 0 bridgehead atoms. The van der Waals surface area contributed by atoms with Crippen LogP contribution in [0.15, 0.2) is 42.5 Å². The van der Waals surface area contributed by atoms with E-state index >= 15 is 4.39 Å². The molecule has 9 nitrogen and oxygen atoms in total. The first kappa shape index (κ1) is 28.9. The van der Waals surface area contributed by atoms with E-state index in [0.29, 0.717) is 56.5 Å². The predicted octanol–water partition coefficient (Wildman–Crippen LogP) is 1.89. The molecule has 2 saturated heterocycles. The van der Waals surface area contributed by atoms with Crippen LogP contribution in [0.1, 0.15) is 11.1 Å². The Balaban J connectivity index is 1.24. The Morgan fingerprint density at radius 2 is 1.77 bits per heavy atom. The second kappa shape index (κ2) is 13.3. The number of ether oxygens (including phenoxy) is 2. The van der Waals surface area contributed by atoms with Crippen molar-refractivity contribution in [1.29, 1.82) is 0 Å². The average molecular weight is 558 g/mol. The summed E-state index contributed by atoms with van der Waals surface area (Å²) in [4.78, 5) is 32.9. The summed E-state index contributed by atoms with van der Waals surface area (Å²) in [6, 6.07) is 12.6. The number of ketones is 1. The molecule has 1 unspecified atom stereocenters. The molecule has 0 aromatic heterocycles. The SMILES string of the molecule is CN(C)Cc1ccc(OCC(=O)N2CCN(c3ccc(CC(=O)C(=S)N(C)C4CNCO4)cc3F)CC2)cc1. The summed E-state index contributed by atoms with van der Waals surface area (Å²) in [5.74, 6) is -0.0970. The molecule has 4 rings (SSSR count). The van der Waals surface area contributed by atoms with Crippen molar-refractivity contribution >= 4 is 34.6 Å². The maximum Gasteiger partial charge on any atom is 0.260 e. The third-order valence-corrected chi connectivity index (χ3v) is 7.34. The van der Waals surface area contributed by atoms with Crippen LogP contribution in [0, 0.1) is 5.82 Å². The monoisotopic (exact) mass is 557 g/mol. The van der Waals surface area contributed by atoms with Crippen LogP contribution in [0.3, 0.4) is 0 Å². The second-order valence-electron chi connectivity index (χ2n) is 10.1. The maximum absolute atomic E-state index is 15.0. The molecule has 0 saturated carbocycles. The fraction of sp³-hybridized carbons (Fsp3) is 0.464. The number of likely N-dealkylation sites (N-methyl/N-ethyl adjacent to an activating group) is 1. The van der Waals surface area contributed by atoms with Crippen LogP contribution < -0.4 is 15.0 Å². The van der Waals surface area contributed by atoms with Gasteiger partial charge in [0.15, 0.2) is 12.4 Å². The highest BCUT2D eigenvalue weighted by molar-refractivity contribution is 7.82. The molecule has 1 N–H and O–H groups in total. The van der Waals surface area contributed by atoms with E-state index in [-0.39, 0.29) is 35.9 Å². The largest absolute Gasteiger partial charge is 0.484 e. The topological polar surface area (TPSA) is 77.6 Å². The van der Waals surface area contributed by atoms with Gasteiger partial charge in [-0.25, -0.2) is 4.39 Å². The third-order valence-electron chi connectivity index (χ3n) is 6.82. The lowest BCUT2D eigenvalue weighted by molar-refractivity contribution is -0.133. The second-order valence-corrected chi connectivity index (χ2v) is 10.4. The number of nitrogens with one attached hydrogen (secondary N) is 1. The minimum absolute atomic E-state index is 0.0151. The highest BCUT2D eigenvalue weighted by Crippen LogP contribution is 2.23. The number of rotatable bonds is 10. The van der Waals surface area contributed by atoms with Gasteiger partial charge in [0, 0.05) is 52.7 Å². The number of thiocarbonyl (C=S) groups is 1. The van der Waals surface area contributed by atoms with E-state index in [0.717, 1.165) is 6.54 Å². The van der Waals surface area contributed by atoms with Gasteiger partial charge in [-0.05, 0) is 49.5 Å². The van der Waals surface area contributed by atoms with Crippen LogP contribution in [0.2, 0.25) is 0 Å². The van der Waals surface area contributed by atoms with Crippen molar-refractivity contribution in [2.24, 2.45) is 0 Å². The van der Waals surface area contributed by atoms with Gasteiger partial charge in [0.25, 0.3) is 5.91 Å². The van der Waals surface area contributed by atoms with E-state index in [9.17, 15) is 9.59 Å². The summed E-state index contributed by atoms with van der Waals surface area (Å²) in [5.41, 5.74) is 2.19. The Hall–Kier alpha value is -3.12. The van der Waals surface area contributed by atoms with E-state index in [2.05, 4.69) is 10.2 Å². The summed E-state index contributed by atoms with van der Waals surface area (Å²) in [6.07, 6.45) is -0.265. The maximum atomic E-state index is 15.0. The molecule has 0 spiro atoms. The van der Waals surface area contributed by atoms with E-state index in [1.165, 1.54) is 11.6 Å². The number of benzene rings is 2. The Labute approximate surface area is 234 Å². The number of anilines is 1. The zero-order valence-electron chi connectivity index (χ0n) is 22.7. The number of amides is 1. The van der Waals surface area contributed by atoms with Gasteiger partial charge in [-0.1, -0.05) is 30.4 Å². The molecule has 0 aliphatic carbocycles. The molecule has 210 valence electrons. The molecule has 0 radical (unpaired) electrons. The molecule has 1 atom stereocenters. The minimum atomic E-state index is -0.399. The zero-order chi connectivity index (χ0) is 27.9. The highest BCUT2D eigenvalue weighted by Gasteiger charge is 2.26. The standard InChI is InChI=1S/C28H36FN5O4S/c1-31(2)17-20-4-7-22(8-5-20)37-18-26(36)34-12-10-33(11-13-34)24-9-6-21(14-23(24)29)15-25(35)28(39)32(3)27-16-30-19-38-27/h4-9,14,27,30H,10-13,15-19H2,1-3H3. The molecule has 11 heteroatoms. The molecule has 2 aromatic carbocycles. The van der Waals surface area contributed by atoms with Gasteiger partial charge in [0.1, 0.15) is 22.8 Å². The highest BCUT2D eigenvalue weighted by atomic mass is 32.1. The summed E-state index contributed by atoms with van der Waals surface area (Å²) in [7, 11) is 5.75. The zero-order valence-corrected chi connectivity index (χ0v) is 23.5. The van der Waals surface area contributed by atoms with Crippen LogP contribution >= 0.6 is 12.2 Å². The predicted molar refractivity (Wildman–Crippen MR) is 151 cm³/mol. The number of hydrogen-bond acceptors (Lipinski definition) is 8. The van der Waals surface area contributed by atoms with Gasteiger partial charge in [-0.15, -0.1) is 0 Å². The van der Waals surface area contributed by atoms with Gasteiger partial charge in [0.05, 0.1) is 12.4 Å². The van der Waals surface area contributed by atoms with Crippen LogP contribution in [0.25, 0.3) is 0 Å². The number of hydrogen-bond donors (Lipinski definition) is 1. The lowest BCUT2D eigenvalue weighted by Crippen LogP contribution is -2.50. The van der Waals surface area contributed by atoms with Gasteiger partial charge in [0.2, 0.25) is 0 Å². The Morgan fingerprint density at radius 1 is 1.08 bits per heavy atom. The van der Waals surface area contributed by atoms with Crippen LogP contribution in [0.4, 0.5) is 10.1 Å². The van der Waals surface area contributed by atoms with Crippen molar-refractivity contribution in [2.75, 3.05) is 72.1 Å². The Kier molecular flexibility index (Phi) is 9.84. The molecular weight excluding hydrogens is 521 g/mol. The van der Waals surface area contributed by atoms with Crippen LogP contribution in [0.5, 0.6) is 5.75 Å². The van der Waals surface area contributed by atoms with Crippen molar-refractivity contribution in [3.63, 3.8) is 0 Å².